The highest BCUT2D eigenvalue weighted by atomic mass is 16.5. The predicted molar refractivity (Wildman–Crippen MR) is 135 cm³/mol. The Kier molecular flexibility index (Phi) is 7.81. The van der Waals surface area contributed by atoms with Crippen molar-refractivity contribution in [1.82, 2.24) is 14.9 Å². The highest BCUT2D eigenvalue weighted by Gasteiger charge is 2.12. The molecule has 34 heavy (non-hydrogen) atoms. The number of nitrogens with zero attached hydrogens (tertiary/aromatic N) is 2. The van der Waals surface area contributed by atoms with Gasteiger partial charge in [0.2, 0.25) is 0 Å². The molecule has 0 aliphatic carbocycles. The minimum Gasteiger partial charge on any atom is -0.493 e. The Hall–Kier alpha value is -3.80. The number of para-hydroxylation sites is 2. The molecule has 0 bridgehead atoms. The summed E-state index contributed by atoms with van der Waals surface area (Å²) in [7, 11) is 3.14. The van der Waals surface area contributed by atoms with E-state index in [1.165, 1.54) is 11.1 Å². The zero-order chi connectivity index (χ0) is 23.8. The minimum absolute atomic E-state index is 0.127. The number of nitrogens with one attached hydrogen (secondary N) is 1. The van der Waals surface area contributed by atoms with Crippen LogP contribution in [0.4, 0.5) is 0 Å². The molecule has 0 saturated heterocycles. The van der Waals surface area contributed by atoms with Gasteiger partial charge in [-0.25, -0.2) is 4.98 Å². The van der Waals surface area contributed by atoms with E-state index in [9.17, 15) is 4.79 Å². The number of aryl methyl sites for hydroxylation is 3. The number of benzene rings is 3. The van der Waals surface area contributed by atoms with Crippen LogP contribution in [0.3, 0.4) is 0 Å². The van der Waals surface area contributed by atoms with E-state index >= 15 is 0 Å². The van der Waals surface area contributed by atoms with Gasteiger partial charge in [-0.3, -0.25) is 4.79 Å². The van der Waals surface area contributed by atoms with E-state index in [1.54, 1.807) is 32.4 Å². The first-order valence-electron chi connectivity index (χ1n) is 11.7. The molecule has 0 fully saturated rings. The Labute approximate surface area is 200 Å². The first kappa shape index (κ1) is 23.4. The second kappa shape index (κ2) is 11.4. The molecule has 0 radical (unpaired) electrons. The molecule has 0 aliphatic heterocycles. The van der Waals surface area contributed by atoms with E-state index in [-0.39, 0.29) is 5.91 Å². The van der Waals surface area contributed by atoms with Crippen LogP contribution in [-0.2, 0) is 19.4 Å². The molecule has 0 spiro atoms. The lowest BCUT2D eigenvalue weighted by Gasteiger charge is -2.11. The third-order valence-corrected chi connectivity index (χ3v) is 5.93. The van der Waals surface area contributed by atoms with Crippen LogP contribution in [0.25, 0.3) is 11.0 Å². The molecule has 176 valence electrons. The number of rotatable bonds is 11. The minimum atomic E-state index is -0.127. The van der Waals surface area contributed by atoms with E-state index in [0.717, 1.165) is 43.6 Å². The van der Waals surface area contributed by atoms with Gasteiger partial charge in [0.1, 0.15) is 5.82 Å². The number of aromatic nitrogens is 2. The van der Waals surface area contributed by atoms with E-state index < -0.39 is 0 Å². The van der Waals surface area contributed by atoms with Gasteiger partial charge in [0, 0.05) is 25.1 Å². The summed E-state index contributed by atoms with van der Waals surface area (Å²) in [6, 6.07) is 24.0. The van der Waals surface area contributed by atoms with Crippen LogP contribution >= 0.6 is 0 Å². The Balaban J connectivity index is 1.35. The number of hydrogen-bond acceptors (Lipinski definition) is 4. The predicted octanol–water partition coefficient (Wildman–Crippen LogP) is 5.05. The number of ether oxygens (including phenoxy) is 2. The Morgan fingerprint density at radius 3 is 2.44 bits per heavy atom. The third-order valence-electron chi connectivity index (χ3n) is 5.93. The molecule has 6 heteroatoms. The van der Waals surface area contributed by atoms with Crippen molar-refractivity contribution in [2.24, 2.45) is 0 Å². The van der Waals surface area contributed by atoms with Gasteiger partial charge in [-0.1, -0.05) is 42.5 Å². The molecule has 3 aromatic carbocycles. The number of carbonyl (C=O) groups excluding carboxylic acids is 1. The second-order valence-electron chi connectivity index (χ2n) is 8.19. The number of amides is 1. The van der Waals surface area contributed by atoms with Crippen molar-refractivity contribution < 1.29 is 14.3 Å². The van der Waals surface area contributed by atoms with Gasteiger partial charge in [-0.05, 0) is 55.2 Å². The van der Waals surface area contributed by atoms with Gasteiger partial charge in [0.25, 0.3) is 5.91 Å². The quantitative estimate of drug-likeness (QED) is 0.320. The van der Waals surface area contributed by atoms with Gasteiger partial charge in [0.15, 0.2) is 11.5 Å². The summed E-state index contributed by atoms with van der Waals surface area (Å²) in [6.07, 6.45) is 3.69. The maximum atomic E-state index is 12.6. The summed E-state index contributed by atoms with van der Waals surface area (Å²) >= 11 is 0. The number of carbonyl (C=O) groups is 1. The van der Waals surface area contributed by atoms with Crippen LogP contribution in [0.2, 0.25) is 0 Å². The van der Waals surface area contributed by atoms with Crippen molar-refractivity contribution in [2.75, 3.05) is 20.8 Å². The monoisotopic (exact) mass is 457 g/mol. The molecular weight excluding hydrogens is 426 g/mol. The summed E-state index contributed by atoms with van der Waals surface area (Å²) in [6.45, 7) is 1.49. The third kappa shape index (κ3) is 5.57. The summed E-state index contributed by atoms with van der Waals surface area (Å²) < 4.78 is 12.9. The maximum Gasteiger partial charge on any atom is 0.251 e. The number of imidazole rings is 1. The lowest BCUT2D eigenvalue weighted by molar-refractivity contribution is 0.0952. The van der Waals surface area contributed by atoms with Gasteiger partial charge in [-0.2, -0.15) is 0 Å². The van der Waals surface area contributed by atoms with Gasteiger partial charge in [-0.15, -0.1) is 0 Å². The first-order chi connectivity index (χ1) is 16.7. The fourth-order valence-electron chi connectivity index (χ4n) is 4.18. The van der Waals surface area contributed by atoms with Crippen molar-refractivity contribution in [1.29, 1.82) is 0 Å². The molecule has 1 aromatic heterocycles. The molecule has 0 unspecified atom stereocenters. The van der Waals surface area contributed by atoms with E-state index in [2.05, 4.69) is 58.4 Å². The normalized spacial score (nSPS) is 10.9. The number of methoxy groups -OCH3 is 2. The average Bonchev–Trinajstić information content (AvgIpc) is 3.24. The molecule has 6 nitrogen and oxygen atoms in total. The van der Waals surface area contributed by atoms with Crippen molar-refractivity contribution in [3.8, 4) is 11.5 Å². The number of fused-ring (bicyclic) bond motifs is 1. The molecule has 1 heterocycles. The van der Waals surface area contributed by atoms with Crippen molar-refractivity contribution >= 4 is 16.9 Å². The smallest absolute Gasteiger partial charge is 0.251 e. The standard InChI is InChI=1S/C28H31N3O3/c1-33-25-17-16-22(20-26(25)34-2)28(32)29-18-8-15-27-30-23-13-6-7-14-24(23)31(27)19-9-12-21-10-4-3-5-11-21/h3-7,10-11,13-14,16-17,20H,8-9,12,15,18-19H2,1-2H3,(H,29,32). The molecule has 0 atom stereocenters. The SMILES string of the molecule is COc1ccc(C(=O)NCCCc2nc3ccccc3n2CCCc2ccccc2)cc1OC. The fraction of sp³-hybridized carbons (Fsp3) is 0.286. The van der Waals surface area contributed by atoms with Crippen LogP contribution in [-0.4, -0.2) is 36.2 Å². The zero-order valence-electron chi connectivity index (χ0n) is 19.8. The first-order valence-corrected chi connectivity index (χ1v) is 11.7. The fourth-order valence-corrected chi connectivity index (χ4v) is 4.18. The summed E-state index contributed by atoms with van der Waals surface area (Å²) in [5.41, 5.74) is 4.09. The Morgan fingerprint density at radius 1 is 0.882 bits per heavy atom. The van der Waals surface area contributed by atoms with Gasteiger partial charge < -0.3 is 19.4 Å². The van der Waals surface area contributed by atoms with Crippen LogP contribution in [0.5, 0.6) is 11.5 Å². The largest absolute Gasteiger partial charge is 0.493 e. The van der Waals surface area contributed by atoms with Crippen molar-refractivity contribution in [2.45, 2.75) is 32.2 Å². The topological polar surface area (TPSA) is 65.4 Å². The van der Waals surface area contributed by atoms with Gasteiger partial charge in [0.05, 0.1) is 25.3 Å². The molecular formula is C28H31N3O3. The number of hydrogen-bond donors (Lipinski definition) is 1. The lowest BCUT2D eigenvalue weighted by atomic mass is 10.1. The highest BCUT2D eigenvalue weighted by molar-refractivity contribution is 5.94. The molecule has 0 aliphatic rings. The van der Waals surface area contributed by atoms with E-state index in [1.807, 2.05) is 6.07 Å². The Morgan fingerprint density at radius 2 is 1.65 bits per heavy atom. The van der Waals surface area contributed by atoms with E-state index in [0.29, 0.717) is 23.6 Å². The average molecular weight is 458 g/mol. The molecule has 1 N–H and O–H groups in total. The Bertz CT molecular complexity index is 1230. The maximum absolute atomic E-state index is 12.6. The molecule has 4 rings (SSSR count). The van der Waals surface area contributed by atoms with E-state index in [4.69, 9.17) is 14.5 Å². The molecule has 4 aromatic rings. The molecule has 1 amide bonds. The highest BCUT2D eigenvalue weighted by Crippen LogP contribution is 2.27. The van der Waals surface area contributed by atoms with Crippen LogP contribution < -0.4 is 14.8 Å². The lowest BCUT2D eigenvalue weighted by Crippen LogP contribution is -2.25. The molecule has 0 saturated carbocycles. The second-order valence-corrected chi connectivity index (χ2v) is 8.19. The summed E-state index contributed by atoms with van der Waals surface area (Å²) in [5, 5.41) is 3.00. The van der Waals surface area contributed by atoms with Gasteiger partial charge >= 0.3 is 0 Å². The summed E-state index contributed by atoms with van der Waals surface area (Å²) in [5.74, 6) is 2.08. The van der Waals surface area contributed by atoms with Crippen LogP contribution in [0.15, 0.2) is 72.8 Å². The van der Waals surface area contributed by atoms with Crippen LogP contribution in [0, 0.1) is 0 Å². The van der Waals surface area contributed by atoms with Crippen molar-refractivity contribution in [3.63, 3.8) is 0 Å². The van der Waals surface area contributed by atoms with Crippen LogP contribution in [0.1, 0.15) is 34.6 Å². The summed E-state index contributed by atoms with van der Waals surface area (Å²) in [4.78, 5) is 17.5. The van der Waals surface area contributed by atoms with Crippen molar-refractivity contribution in [3.05, 3.63) is 89.7 Å². The zero-order valence-corrected chi connectivity index (χ0v) is 19.8.